The molecule has 2 aromatic rings. The van der Waals surface area contributed by atoms with E-state index in [4.69, 9.17) is 17.0 Å². The molecule has 2 aromatic carbocycles. The van der Waals surface area contributed by atoms with Gasteiger partial charge in [-0.2, -0.15) is 0 Å². The lowest BCUT2D eigenvalue weighted by molar-refractivity contribution is -0.123. The molecule has 2 rings (SSSR count). The number of ether oxygens (including phenoxy) is 1. The van der Waals surface area contributed by atoms with Crippen molar-refractivity contribution < 1.29 is 9.53 Å². The van der Waals surface area contributed by atoms with Crippen LogP contribution in [-0.4, -0.2) is 17.6 Å². The van der Waals surface area contributed by atoms with Crippen LogP contribution < -0.4 is 20.9 Å². The van der Waals surface area contributed by atoms with Crippen LogP contribution in [0.1, 0.15) is 5.56 Å². The summed E-state index contributed by atoms with van der Waals surface area (Å²) in [6.07, 6.45) is 0. The van der Waals surface area contributed by atoms with Gasteiger partial charge in [-0.1, -0.05) is 34.1 Å². The van der Waals surface area contributed by atoms with Crippen LogP contribution in [0.15, 0.2) is 51.4 Å². The molecule has 0 aliphatic heterocycles. The summed E-state index contributed by atoms with van der Waals surface area (Å²) in [6, 6.07) is 13.2. The van der Waals surface area contributed by atoms with Crippen LogP contribution in [0.5, 0.6) is 5.75 Å². The summed E-state index contributed by atoms with van der Waals surface area (Å²) in [6.45, 7) is 1.77. The number of benzene rings is 2. The molecule has 126 valence electrons. The Kier molecular flexibility index (Phi) is 7.01. The SMILES string of the molecule is Cc1cc(Br)cc(Br)c1OCC(=O)NNC(=S)Nc1ccccc1. The van der Waals surface area contributed by atoms with Crippen LogP contribution in [-0.2, 0) is 4.79 Å². The summed E-state index contributed by atoms with van der Waals surface area (Å²) in [5.74, 6) is 0.278. The minimum absolute atomic E-state index is 0.137. The molecule has 1 amide bonds. The maximum absolute atomic E-state index is 11.9. The van der Waals surface area contributed by atoms with Crippen LogP contribution in [0.2, 0.25) is 0 Å². The number of para-hydroxylation sites is 1. The number of halogens is 2. The highest BCUT2D eigenvalue weighted by Crippen LogP contribution is 2.32. The normalized spacial score (nSPS) is 9.96. The second kappa shape index (κ2) is 9.00. The van der Waals surface area contributed by atoms with Crippen LogP contribution in [0.25, 0.3) is 0 Å². The van der Waals surface area contributed by atoms with Crippen LogP contribution >= 0.6 is 44.1 Å². The molecule has 5 nitrogen and oxygen atoms in total. The van der Waals surface area contributed by atoms with E-state index in [2.05, 4.69) is 48.0 Å². The first kappa shape index (κ1) is 18.7. The van der Waals surface area contributed by atoms with Crippen molar-refractivity contribution in [2.24, 2.45) is 0 Å². The summed E-state index contributed by atoms with van der Waals surface area (Å²) in [5.41, 5.74) is 6.85. The Bertz CT molecular complexity index is 718. The molecule has 0 heterocycles. The number of anilines is 1. The van der Waals surface area contributed by atoms with Crippen molar-refractivity contribution in [2.45, 2.75) is 6.92 Å². The number of carbonyl (C=O) groups excluding carboxylic acids is 1. The third-order valence-electron chi connectivity index (χ3n) is 2.89. The summed E-state index contributed by atoms with van der Waals surface area (Å²) in [5, 5.41) is 3.24. The summed E-state index contributed by atoms with van der Waals surface area (Å²) in [7, 11) is 0. The second-order valence-electron chi connectivity index (χ2n) is 4.82. The van der Waals surface area contributed by atoms with E-state index in [0.29, 0.717) is 5.75 Å². The van der Waals surface area contributed by atoms with Gasteiger partial charge in [0.25, 0.3) is 5.91 Å². The van der Waals surface area contributed by atoms with E-state index in [1.54, 1.807) is 0 Å². The molecule has 0 spiro atoms. The second-order valence-corrected chi connectivity index (χ2v) is 6.99. The van der Waals surface area contributed by atoms with Gasteiger partial charge in [-0.3, -0.25) is 15.6 Å². The zero-order valence-corrected chi connectivity index (χ0v) is 16.7. The van der Waals surface area contributed by atoms with E-state index < -0.39 is 0 Å². The average molecular weight is 473 g/mol. The molecule has 0 aliphatic carbocycles. The molecule has 0 saturated carbocycles. The monoisotopic (exact) mass is 471 g/mol. The molecule has 0 aliphatic rings. The Morgan fingerprint density at radius 3 is 2.54 bits per heavy atom. The fourth-order valence-electron chi connectivity index (χ4n) is 1.86. The van der Waals surface area contributed by atoms with Crippen LogP contribution in [0.4, 0.5) is 5.69 Å². The van der Waals surface area contributed by atoms with Crippen LogP contribution in [0, 0.1) is 6.92 Å². The molecule has 3 N–H and O–H groups in total. The van der Waals surface area contributed by atoms with Gasteiger partial charge in [-0.15, -0.1) is 0 Å². The number of amides is 1. The van der Waals surface area contributed by atoms with E-state index in [9.17, 15) is 4.79 Å². The van der Waals surface area contributed by atoms with E-state index in [-0.39, 0.29) is 17.6 Å². The molecule has 24 heavy (non-hydrogen) atoms. The number of carbonyl (C=O) groups is 1. The zero-order valence-electron chi connectivity index (χ0n) is 12.7. The maximum atomic E-state index is 11.9. The summed E-state index contributed by atoms with van der Waals surface area (Å²) < 4.78 is 7.26. The van der Waals surface area contributed by atoms with E-state index >= 15 is 0 Å². The van der Waals surface area contributed by atoms with Crippen molar-refractivity contribution in [3.8, 4) is 5.75 Å². The van der Waals surface area contributed by atoms with Crippen molar-refractivity contribution in [1.82, 2.24) is 10.9 Å². The Labute approximate surface area is 162 Å². The molecule has 0 atom stereocenters. The largest absolute Gasteiger partial charge is 0.482 e. The predicted octanol–water partition coefficient (Wildman–Crippen LogP) is 3.92. The predicted molar refractivity (Wildman–Crippen MR) is 106 cm³/mol. The highest BCUT2D eigenvalue weighted by molar-refractivity contribution is 9.11. The van der Waals surface area contributed by atoms with Gasteiger partial charge < -0.3 is 10.1 Å². The Morgan fingerprint density at radius 2 is 1.88 bits per heavy atom. The highest BCUT2D eigenvalue weighted by atomic mass is 79.9. The minimum atomic E-state index is -0.346. The van der Waals surface area contributed by atoms with Crippen molar-refractivity contribution in [2.75, 3.05) is 11.9 Å². The standard InChI is InChI=1S/C16H15Br2N3O2S/c1-10-7-11(17)8-13(18)15(10)23-9-14(22)20-21-16(24)19-12-5-3-2-4-6-12/h2-8H,9H2,1H3,(H,20,22)(H2,19,21,24). The number of nitrogens with one attached hydrogen (secondary N) is 3. The molecule has 0 radical (unpaired) electrons. The number of thiocarbonyl (C=S) groups is 1. The first-order valence-corrected chi connectivity index (χ1v) is 8.94. The van der Waals surface area contributed by atoms with E-state index in [1.165, 1.54) is 0 Å². The summed E-state index contributed by atoms with van der Waals surface area (Å²) >= 11 is 11.9. The topological polar surface area (TPSA) is 62.4 Å². The van der Waals surface area contributed by atoms with Crippen molar-refractivity contribution in [3.63, 3.8) is 0 Å². The number of aryl methyl sites for hydroxylation is 1. The zero-order chi connectivity index (χ0) is 17.5. The molecule has 8 heteroatoms. The molecular formula is C16H15Br2N3O2S. The van der Waals surface area contributed by atoms with Gasteiger partial charge >= 0.3 is 0 Å². The average Bonchev–Trinajstić information content (AvgIpc) is 2.53. The van der Waals surface area contributed by atoms with Crippen molar-refractivity contribution >= 4 is 60.8 Å². The maximum Gasteiger partial charge on any atom is 0.276 e. The molecular weight excluding hydrogens is 458 g/mol. The molecule has 0 bridgehead atoms. The Morgan fingerprint density at radius 1 is 1.17 bits per heavy atom. The van der Waals surface area contributed by atoms with Crippen molar-refractivity contribution in [1.29, 1.82) is 0 Å². The first-order valence-electron chi connectivity index (χ1n) is 6.95. The third kappa shape index (κ3) is 5.77. The van der Waals surface area contributed by atoms with Gasteiger partial charge in [0.05, 0.1) is 4.47 Å². The lowest BCUT2D eigenvalue weighted by atomic mass is 10.2. The fourth-order valence-corrected chi connectivity index (χ4v) is 3.58. The third-order valence-corrected chi connectivity index (χ3v) is 4.14. The first-order chi connectivity index (χ1) is 11.5. The van der Waals surface area contributed by atoms with Gasteiger partial charge in [-0.25, -0.2) is 0 Å². The number of rotatable bonds is 4. The van der Waals surface area contributed by atoms with Gasteiger partial charge in [0.15, 0.2) is 11.7 Å². The lowest BCUT2D eigenvalue weighted by Gasteiger charge is -2.13. The lowest BCUT2D eigenvalue weighted by Crippen LogP contribution is -2.45. The summed E-state index contributed by atoms with van der Waals surface area (Å²) in [4.78, 5) is 11.9. The molecule has 0 saturated heterocycles. The smallest absolute Gasteiger partial charge is 0.276 e. The molecule has 0 fully saturated rings. The molecule has 0 aromatic heterocycles. The van der Waals surface area contributed by atoms with Gasteiger partial charge in [0, 0.05) is 10.2 Å². The number of hydrogen-bond acceptors (Lipinski definition) is 3. The van der Waals surface area contributed by atoms with E-state index in [1.807, 2.05) is 49.4 Å². The van der Waals surface area contributed by atoms with Crippen molar-refractivity contribution in [3.05, 3.63) is 57.0 Å². The van der Waals surface area contributed by atoms with E-state index in [0.717, 1.165) is 20.2 Å². The van der Waals surface area contributed by atoms with Gasteiger partial charge in [0.1, 0.15) is 5.75 Å². The quantitative estimate of drug-likeness (QED) is 0.465. The van der Waals surface area contributed by atoms with Crippen LogP contribution in [0.3, 0.4) is 0 Å². The number of hydrogen-bond donors (Lipinski definition) is 3. The fraction of sp³-hybridized carbons (Fsp3) is 0.125. The minimum Gasteiger partial charge on any atom is -0.482 e. The van der Waals surface area contributed by atoms with Gasteiger partial charge in [-0.05, 0) is 64.9 Å². The molecule has 0 unspecified atom stereocenters. The Hall–Kier alpha value is -1.64. The number of hydrazine groups is 1. The Balaban J connectivity index is 1.79. The highest BCUT2D eigenvalue weighted by Gasteiger charge is 2.10. The van der Waals surface area contributed by atoms with Gasteiger partial charge in [0.2, 0.25) is 0 Å².